The third-order valence-electron chi connectivity index (χ3n) is 3.01. The molecule has 0 aromatic heterocycles. The molecule has 1 heterocycles. The second kappa shape index (κ2) is 5.99. The van der Waals surface area contributed by atoms with Crippen molar-refractivity contribution in [3.8, 4) is 0 Å². The van der Waals surface area contributed by atoms with Crippen LogP contribution in [0.1, 0.15) is 24.8 Å². The van der Waals surface area contributed by atoms with Crippen molar-refractivity contribution in [2.75, 3.05) is 13.1 Å². The van der Waals surface area contributed by atoms with Crippen molar-refractivity contribution in [2.24, 2.45) is 5.73 Å². The van der Waals surface area contributed by atoms with E-state index in [4.69, 9.17) is 10.5 Å². The molecular weight excluding hydrogens is 200 g/mol. The van der Waals surface area contributed by atoms with E-state index in [0.717, 1.165) is 13.1 Å². The fourth-order valence-corrected chi connectivity index (χ4v) is 2.03. The van der Waals surface area contributed by atoms with Gasteiger partial charge in [-0.15, -0.1) is 0 Å². The van der Waals surface area contributed by atoms with E-state index in [2.05, 4.69) is 17.0 Å². The molecule has 1 saturated heterocycles. The smallest absolute Gasteiger partial charge is 0.163 e. The van der Waals surface area contributed by atoms with Gasteiger partial charge in [0.05, 0.1) is 6.61 Å². The average Bonchev–Trinajstić information content (AvgIpc) is 2.38. The molecule has 3 nitrogen and oxygen atoms in total. The van der Waals surface area contributed by atoms with E-state index in [1.807, 2.05) is 18.2 Å². The molecule has 1 aromatic rings. The van der Waals surface area contributed by atoms with Crippen LogP contribution in [-0.2, 0) is 11.3 Å². The maximum Gasteiger partial charge on any atom is 0.163 e. The van der Waals surface area contributed by atoms with Gasteiger partial charge in [0.1, 0.15) is 0 Å². The predicted octanol–water partition coefficient (Wildman–Crippen LogP) is 1.93. The summed E-state index contributed by atoms with van der Waals surface area (Å²) in [6.07, 6.45) is 3.55. The molecule has 1 atom stereocenters. The summed E-state index contributed by atoms with van der Waals surface area (Å²) in [7, 11) is 0. The molecule has 3 heteroatoms. The highest BCUT2D eigenvalue weighted by molar-refractivity contribution is 5.13. The summed E-state index contributed by atoms with van der Waals surface area (Å²) in [6, 6.07) is 10.2. The Balaban J connectivity index is 1.76. The first kappa shape index (κ1) is 11.6. The molecular formula is C13H20N2O. The van der Waals surface area contributed by atoms with Crippen LogP contribution in [0.3, 0.4) is 0 Å². The monoisotopic (exact) mass is 220 g/mol. The topological polar surface area (TPSA) is 38.5 Å². The number of benzene rings is 1. The summed E-state index contributed by atoms with van der Waals surface area (Å²) < 4.78 is 5.67. The molecule has 0 spiro atoms. The van der Waals surface area contributed by atoms with Gasteiger partial charge in [-0.3, -0.25) is 10.6 Å². The van der Waals surface area contributed by atoms with Crippen LogP contribution >= 0.6 is 0 Å². The van der Waals surface area contributed by atoms with Gasteiger partial charge >= 0.3 is 0 Å². The third kappa shape index (κ3) is 3.30. The molecule has 1 aliphatic heterocycles. The van der Waals surface area contributed by atoms with E-state index in [1.54, 1.807) is 0 Å². The average molecular weight is 220 g/mol. The van der Waals surface area contributed by atoms with E-state index in [-0.39, 0.29) is 6.35 Å². The zero-order valence-corrected chi connectivity index (χ0v) is 9.64. The zero-order chi connectivity index (χ0) is 11.2. The molecule has 2 rings (SSSR count). The minimum atomic E-state index is -0.250. The number of rotatable bonds is 4. The van der Waals surface area contributed by atoms with Crippen molar-refractivity contribution >= 4 is 0 Å². The Bertz CT molecular complexity index is 296. The van der Waals surface area contributed by atoms with Crippen LogP contribution in [0.5, 0.6) is 0 Å². The second-order valence-electron chi connectivity index (χ2n) is 4.28. The first-order valence-electron chi connectivity index (χ1n) is 6.01. The largest absolute Gasteiger partial charge is 0.345 e. The fourth-order valence-electron chi connectivity index (χ4n) is 2.03. The lowest BCUT2D eigenvalue weighted by atomic mass is 10.1. The summed E-state index contributed by atoms with van der Waals surface area (Å²) >= 11 is 0. The number of piperidine rings is 1. The molecule has 0 aliphatic carbocycles. The Kier molecular flexibility index (Phi) is 4.34. The van der Waals surface area contributed by atoms with E-state index >= 15 is 0 Å². The molecule has 88 valence electrons. The third-order valence-corrected chi connectivity index (χ3v) is 3.01. The Hall–Kier alpha value is -0.900. The minimum Gasteiger partial charge on any atom is -0.345 e. The quantitative estimate of drug-likeness (QED) is 0.788. The highest BCUT2D eigenvalue weighted by atomic mass is 16.5. The molecule has 1 aliphatic rings. The Labute approximate surface area is 97.2 Å². The SMILES string of the molecule is NC(OCc1ccccc1)N1CCCCC1. The van der Waals surface area contributed by atoms with Gasteiger partial charge in [-0.1, -0.05) is 36.8 Å². The van der Waals surface area contributed by atoms with Crippen molar-refractivity contribution in [1.29, 1.82) is 0 Å². The van der Waals surface area contributed by atoms with Crippen LogP contribution in [0.4, 0.5) is 0 Å². The number of nitrogens with two attached hydrogens (primary N) is 1. The lowest BCUT2D eigenvalue weighted by Crippen LogP contribution is -2.46. The molecule has 1 unspecified atom stereocenters. The second-order valence-corrected chi connectivity index (χ2v) is 4.28. The molecule has 0 radical (unpaired) electrons. The Morgan fingerprint density at radius 2 is 1.81 bits per heavy atom. The maximum absolute atomic E-state index is 6.00. The van der Waals surface area contributed by atoms with E-state index < -0.39 is 0 Å². The summed E-state index contributed by atoms with van der Waals surface area (Å²) in [5.41, 5.74) is 7.18. The van der Waals surface area contributed by atoms with Crippen LogP contribution in [0.2, 0.25) is 0 Å². The highest BCUT2D eigenvalue weighted by Gasteiger charge is 2.17. The lowest BCUT2D eigenvalue weighted by Gasteiger charge is -2.31. The first-order valence-corrected chi connectivity index (χ1v) is 6.01. The highest BCUT2D eigenvalue weighted by Crippen LogP contribution is 2.11. The van der Waals surface area contributed by atoms with Crippen molar-refractivity contribution in [3.05, 3.63) is 35.9 Å². The molecule has 0 saturated carbocycles. The van der Waals surface area contributed by atoms with Gasteiger partial charge in [0.2, 0.25) is 0 Å². The first-order chi connectivity index (χ1) is 7.86. The van der Waals surface area contributed by atoms with Gasteiger partial charge in [0.25, 0.3) is 0 Å². The van der Waals surface area contributed by atoms with Crippen molar-refractivity contribution < 1.29 is 4.74 Å². The van der Waals surface area contributed by atoms with Gasteiger partial charge < -0.3 is 4.74 Å². The maximum atomic E-state index is 6.00. The van der Waals surface area contributed by atoms with E-state index in [1.165, 1.54) is 24.8 Å². The van der Waals surface area contributed by atoms with Gasteiger partial charge in [-0.2, -0.15) is 0 Å². The fraction of sp³-hybridized carbons (Fsp3) is 0.538. The van der Waals surface area contributed by atoms with Gasteiger partial charge in [0, 0.05) is 13.1 Å². The zero-order valence-electron chi connectivity index (χ0n) is 9.64. The number of ether oxygens (including phenoxy) is 1. The molecule has 1 fully saturated rings. The number of nitrogens with zero attached hydrogens (tertiary/aromatic N) is 1. The number of hydrogen-bond donors (Lipinski definition) is 1. The van der Waals surface area contributed by atoms with Crippen LogP contribution in [0.25, 0.3) is 0 Å². The molecule has 0 amide bonds. The van der Waals surface area contributed by atoms with E-state index in [0.29, 0.717) is 6.61 Å². The molecule has 1 aromatic carbocycles. The van der Waals surface area contributed by atoms with Crippen molar-refractivity contribution in [1.82, 2.24) is 4.90 Å². The normalized spacial score (nSPS) is 19.6. The Morgan fingerprint density at radius 1 is 1.12 bits per heavy atom. The summed E-state index contributed by atoms with van der Waals surface area (Å²) in [5, 5.41) is 0. The summed E-state index contributed by atoms with van der Waals surface area (Å²) in [6.45, 7) is 2.73. The minimum absolute atomic E-state index is 0.250. The summed E-state index contributed by atoms with van der Waals surface area (Å²) in [4.78, 5) is 2.21. The lowest BCUT2D eigenvalue weighted by molar-refractivity contribution is -0.0714. The predicted molar refractivity (Wildman–Crippen MR) is 64.6 cm³/mol. The molecule has 16 heavy (non-hydrogen) atoms. The summed E-state index contributed by atoms with van der Waals surface area (Å²) in [5.74, 6) is 0. The van der Waals surface area contributed by atoms with Crippen LogP contribution in [-0.4, -0.2) is 24.3 Å². The molecule has 2 N–H and O–H groups in total. The van der Waals surface area contributed by atoms with Crippen molar-refractivity contribution in [3.63, 3.8) is 0 Å². The van der Waals surface area contributed by atoms with Gasteiger partial charge in [-0.25, -0.2) is 0 Å². The van der Waals surface area contributed by atoms with Crippen LogP contribution in [0.15, 0.2) is 30.3 Å². The van der Waals surface area contributed by atoms with Gasteiger partial charge in [0.15, 0.2) is 6.35 Å². The molecule has 0 bridgehead atoms. The number of hydrogen-bond acceptors (Lipinski definition) is 3. The van der Waals surface area contributed by atoms with E-state index in [9.17, 15) is 0 Å². The number of likely N-dealkylation sites (tertiary alicyclic amines) is 1. The van der Waals surface area contributed by atoms with Crippen LogP contribution in [0, 0.1) is 0 Å². The standard InChI is InChI=1S/C13H20N2O/c14-13(15-9-5-2-6-10-15)16-11-12-7-3-1-4-8-12/h1,3-4,7-8,13H,2,5-6,9-11,14H2. The van der Waals surface area contributed by atoms with Crippen LogP contribution < -0.4 is 5.73 Å². The van der Waals surface area contributed by atoms with Gasteiger partial charge in [-0.05, 0) is 18.4 Å². The van der Waals surface area contributed by atoms with Crippen molar-refractivity contribution in [2.45, 2.75) is 32.2 Å². The Morgan fingerprint density at radius 3 is 2.50 bits per heavy atom.